The summed E-state index contributed by atoms with van der Waals surface area (Å²) < 4.78 is 17.3. The molecule has 0 aromatic rings. The van der Waals surface area contributed by atoms with Gasteiger partial charge in [0, 0.05) is 19.4 Å². The van der Waals surface area contributed by atoms with Gasteiger partial charge in [-0.2, -0.15) is 0 Å². The number of hydrogen-bond donors (Lipinski definition) is 0. The molecule has 0 saturated heterocycles. The highest BCUT2D eigenvalue weighted by Crippen LogP contribution is 2.10. The molecule has 0 bridgehead atoms. The van der Waals surface area contributed by atoms with E-state index in [4.69, 9.17) is 14.2 Å². The Hall–Kier alpha value is -3.96. The molecule has 0 aromatic carbocycles. The lowest BCUT2D eigenvalue weighted by atomic mass is 10.1. The van der Waals surface area contributed by atoms with Crippen LogP contribution in [0.4, 0.5) is 0 Å². The molecule has 0 N–H and O–H groups in total. The highest BCUT2D eigenvalue weighted by atomic mass is 16.6. The molecule has 5 nitrogen and oxygen atoms in total. The number of unbranched alkanes of at least 4 members (excludes halogenated alkanes) is 8. The lowest BCUT2D eigenvalue weighted by Crippen LogP contribution is -2.30. The number of carbonyl (C=O) groups is 2. The quantitative estimate of drug-likeness (QED) is 0.0349. The summed E-state index contributed by atoms with van der Waals surface area (Å²) in [6.45, 7) is 7.30. The second kappa shape index (κ2) is 49.4. The van der Waals surface area contributed by atoms with Gasteiger partial charge < -0.3 is 14.2 Å². The average molecular weight is 827 g/mol. The molecule has 1 unspecified atom stereocenters. The molecule has 0 aromatic heterocycles. The molecule has 336 valence electrons. The SMILES string of the molecule is CC/C=C\C/C=C\C/C=C\C/C=C\CCCCCOCC(COC(=O)CCCC/C=C\C/C=C\C/C=C\C/C=C\CC)OC(=O)CCCCC/C=C\C/C=C\C/C=C\CC. The lowest BCUT2D eigenvalue weighted by molar-refractivity contribution is -0.163. The van der Waals surface area contributed by atoms with E-state index in [1.165, 1.54) is 0 Å². The number of hydrogen-bond acceptors (Lipinski definition) is 5. The summed E-state index contributed by atoms with van der Waals surface area (Å²) in [4.78, 5) is 25.3. The Labute approximate surface area is 369 Å². The van der Waals surface area contributed by atoms with Crippen LogP contribution < -0.4 is 0 Å². The number of esters is 2. The van der Waals surface area contributed by atoms with Gasteiger partial charge in [0.1, 0.15) is 6.61 Å². The molecule has 0 aliphatic heterocycles. The van der Waals surface area contributed by atoms with Crippen molar-refractivity contribution in [1.29, 1.82) is 0 Å². The zero-order valence-corrected chi connectivity index (χ0v) is 38.4. The third kappa shape index (κ3) is 46.7. The number of allylic oxidation sites excluding steroid dienone is 22. The topological polar surface area (TPSA) is 61.8 Å². The van der Waals surface area contributed by atoms with E-state index in [0.29, 0.717) is 19.4 Å². The highest BCUT2D eigenvalue weighted by Gasteiger charge is 2.17. The fraction of sp³-hybridized carbons (Fsp3) is 0.564. The van der Waals surface area contributed by atoms with Gasteiger partial charge in [-0.25, -0.2) is 0 Å². The van der Waals surface area contributed by atoms with Gasteiger partial charge in [-0.1, -0.05) is 167 Å². The third-order valence-corrected chi connectivity index (χ3v) is 9.16. The van der Waals surface area contributed by atoms with Crippen molar-refractivity contribution in [1.82, 2.24) is 0 Å². The predicted molar refractivity (Wildman–Crippen MR) is 260 cm³/mol. The fourth-order valence-electron chi connectivity index (χ4n) is 5.74. The standard InChI is InChI=1S/C55H86O5/c1-4-7-10-13-16-19-22-25-27-29-32-35-38-41-44-47-50-58-51-53(60-55(57)49-46-43-40-37-34-30-24-21-18-15-12-9-6-3)52-59-54(56)48-45-42-39-36-33-31-28-26-23-20-17-14-11-8-5-2/h7-12,16-21,25-28,30,32-36,53H,4-6,13-15,22-24,29,31,37-52H2,1-3H3/b10-7-,11-8-,12-9-,19-16-,20-17-,21-18-,27-25-,28-26-,34-30-,35-32-,36-33-. The van der Waals surface area contributed by atoms with Gasteiger partial charge in [0.25, 0.3) is 0 Å². The molecule has 60 heavy (non-hydrogen) atoms. The zero-order chi connectivity index (χ0) is 43.5. The molecule has 0 heterocycles. The number of carbonyl (C=O) groups excluding carboxylic acids is 2. The Balaban J connectivity index is 4.48. The number of rotatable bonds is 41. The first kappa shape index (κ1) is 56.0. The van der Waals surface area contributed by atoms with Gasteiger partial charge in [-0.15, -0.1) is 0 Å². The van der Waals surface area contributed by atoms with E-state index in [1.807, 2.05) is 0 Å². The summed E-state index contributed by atoms with van der Waals surface area (Å²) in [5, 5.41) is 0. The predicted octanol–water partition coefficient (Wildman–Crippen LogP) is 16.0. The van der Waals surface area contributed by atoms with E-state index >= 15 is 0 Å². The average Bonchev–Trinajstić information content (AvgIpc) is 3.25. The molecule has 0 saturated carbocycles. The van der Waals surface area contributed by atoms with E-state index in [1.54, 1.807) is 0 Å². The summed E-state index contributed by atoms with van der Waals surface area (Å²) in [6, 6.07) is 0. The molecule has 5 heteroatoms. The second-order valence-electron chi connectivity index (χ2n) is 14.9. The molecule has 0 aliphatic carbocycles. The first-order valence-corrected chi connectivity index (χ1v) is 23.7. The maximum Gasteiger partial charge on any atom is 0.306 e. The van der Waals surface area contributed by atoms with Crippen LogP contribution in [0, 0.1) is 0 Å². The van der Waals surface area contributed by atoms with Gasteiger partial charge in [-0.3, -0.25) is 9.59 Å². The van der Waals surface area contributed by atoms with Gasteiger partial charge in [0.15, 0.2) is 6.10 Å². The van der Waals surface area contributed by atoms with Crippen molar-refractivity contribution in [3.63, 3.8) is 0 Å². The summed E-state index contributed by atoms with van der Waals surface area (Å²) in [6.07, 6.45) is 70.3. The van der Waals surface area contributed by atoms with Crippen LogP contribution in [-0.4, -0.2) is 37.9 Å². The highest BCUT2D eigenvalue weighted by molar-refractivity contribution is 5.70. The van der Waals surface area contributed by atoms with Crippen LogP contribution in [0.1, 0.15) is 175 Å². The van der Waals surface area contributed by atoms with Crippen LogP contribution >= 0.6 is 0 Å². The van der Waals surface area contributed by atoms with Crippen molar-refractivity contribution < 1.29 is 23.8 Å². The maximum absolute atomic E-state index is 12.7. The molecular formula is C55H86O5. The maximum atomic E-state index is 12.7. The Kier molecular flexibility index (Phi) is 46.1. The minimum atomic E-state index is -0.594. The summed E-state index contributed by atoms with van der Waals surface area (Å²) >= 11 is 0. The largest absolute Gasteiger partial charge is 0.462 e. The molecule has 1 atom stereocenters. The van der Waals surface area contributed by atoms with E-state index < -0.39 is 6.10 Å². The minimum absolute atomic E-state index is 0.0292. The summed E-state index contributed by atoms with van der Waals surface area (Å²) in [5.41, 5.74) is 0. The van der Waals surface area contributed by atoms with E-state index in [9.17, 15) is 9.59 Å². The number of ether oxygens (including phenoxy) is 3. The van der Waals surface area contributed by atoms with Gasteiger partial charge in [-0.05, 0) is 128 Å². The van der Waals surface area contributed by atoms with Crippen LogP contribution in [0.3, 0.4) is 0 Å². The first-order valence-electron chi connectivity index (χ1n) is 23.7. The molecule has 0 fully saturated rings. The van der Waals surface area contributed by atoms with Crippen molar-refractivity contribution in [2.75, 3.05) is 19.8 Å². The van der Waals surface area contributed by atoms with Crippen molar-refractivity contribution in [2.45, 2.75) is 181 Å². The smallest absolute Gasteiger partial charge is 0.306 e. The normalized spacial score (nSPS) is 13.4. The molecule has 0 aliphatic rings. The Morgan fingerprint density at radius 2 is 0.700 bits per heavy atom. The minimum Gasteiger partial charge on any atom is -0.462 e. The van der Waals surface area contributed by atoms with Crippen molar-refractivity contribution in [3.8, 4) is 0 Å². The van der Waals surface area contributed by atoms with E-state index in [-0.39, 0.29) is 25.2 Å². The van der Waals surface area contributed by atoms with Crippen LogP contribution in [0.25, 0.3) is 0 Å². The lowest BCUT2D eigenvalue weighted by Gasteiger charge is -2.18. The van der Waals surface area contributed by atoms with Crippen LogP contribution in [0.5, 0.6) is 0 Å². The van der Waals surface area contributed by atoms with Crippen molar-refractivity contribution in [3.05, 3.63) is 134 Å². The molecule has 0 radical (unpaired) electrons. The monoisotopic (exact) mass is 827 g/mol. The third-order valence-electron chi connectivity index (χ3n) is 9.16. The van der Waals surface area contributed by atoms with Crippen molar-refractivity contribution in [2.24, 2.45) is 0 Å². The van der Waals surface area contributed by atoms with Crippen LogP contribution in [0.15, 0.2) is 134 Å². The van der Waals surface area contributed by atoms with E-state index in [2.05, 4.69) is 154 Å². The molecule has 0 rings (SSSR count). The van der Waals surface area contributed by atoms with Gasteiger partial charge >= 0.3 is 11.9 Å². The second-order valence-corrected chi connectivity index (χ2v) is 14.9. The van der Waals surface area contributed by atoms with Crippen molar-refractivity contribution >= 4 is 11.9 Å². The molecule has 0 amide bonds. The molecular weight excluding hydrogens is 741 g/mol. The fourth-order valence-corrected chi connectivity index (χ4v) is 5.74. The summed E-state index contributed by atoms with van der Waals surface area (Å²) in [5.74, 6) is -0.512. The Bertz CT molecular complexity index is 1300. The zero-order valence-electron chi connectivity index (χ0n) is 38.4. The molecule has 0 spiro atoms. The van der Waals surface area contributed by atoms with Gasteiger partial charge in [0.2, 0.25) is 0 Å². The van der Waals surface area contributed by atoms with Gasteiger partial charge in [0.05, 0.1) is 6.61 Å². The van der Waals surface area contributed by atoms with Crippen LogP contribution in [-0.2, 0) is 23.8 Å². The van der Waals surface area contributed by atoms with E-state index in [0.717, 1.165) is 141 Å². The Morgan fingerprint density at radius 1 is 0.367 bits per heavy atom. The van der Waals surface area contributed by atoms with Crippen LogP contribution in [0.2, 0.25) is 0 Å². The summed E-state index contributed by atoms with van der Waals surface area (Å²) in [7, 11) is 0. The Morgan fingerprint density at radius 3 is 1.12 bits per heavy atom. The first-order chi connectivity index (χ1) is 29.6.